The van der Waals surface area contributed by atoms with Crippen molar-refractivity contribution in [3.8, 4) is 0 Å². The Morgan fingerprint density at radius 3 is 2.67 bits per heavy atom. The van der Waals surface area contributed by atoms with Crippen LogP contribution in [0, 0.1) is 6.92 Å². The standard InChI is InChI=1S/C13H12ClN3S/c1-8-2-4-11(10(14)6-8)17-12-5-3-9(7-16-12)13(15)18/h2-7H,1H3,(H2,15,18)(H,16,17). The number of hydrogen-bond acceptors (Lipinski definition) is 3. The molecule has 0 atom stereocenters. The largest absolute Gasteiger partial charge is 0.389 e. The van der Waals surface area contributed by atoms with Crippen molar-refractivity contribution in [1.29, 1.82) is 0 Å². The summed E-state index contributed by atoms with van der Waals surface area (Å²) in [5, 5.41) is 3.80. The first-order chi connectivity index (χ1) is 8.56. The van der Waals surface area contributed by atoms with Crippen molar-refractivity contribution in [1.82, 2.24) is 4.98 Å². The summed E-state index contributed by atoms with van der Waals surface area (Å²) in [6, 6.07) is 9.43. The normalized spacial score (nSPS) is 10.1. The molecule has 0 fully saturated rings. The summed E-state index contributed by atoms with van der Waals surface area (Å²) in [7, 11) is 0. The number of halogens is 1. The van der Waals surface area contributed by atoms with Crippen molar-refractivity contribution >= 4 is 40.3 Å². The minimum atomic E-state index is 0.336. The van der Waals surface area contributed by atoms with Gasteiger partial charge < -0.3 is 11.1 Å². The number of pyridine rings is 1. The molecule has 2 aromatic rings. The highest BCUT2D eigenvalue weighted by Gasteiger charge is 2.02. The molecule has 1 aromatic carbocycles. The van der Waals surface area contributed by atoms with Gasteiger partial charge in [-0.05, 0) is 36.8 Å². The summed E-state index contributed by atoms with van der Waals surface area (Å²) < 4.78 is 0. The Morgan fingerprint density at radius 2 is 2.11 bits per heavy atom. The summed E-state index contributed by atoms with van der Waals surface area (Å²) in [4.78, 5) is 4.56. The molecule has 0 aliphatic carbocycles. The second kappa shape index (κ2) is 5.33. The molecule has 3 N–H and O–H groups in total. The van der Waals surface area contributed by atoms with Crippen LogP contribution in [0.25, 0.3) is 0 Å². The lowest BCUT2D eigenvalue weighted by Gasteiger charge is -2.08. The zero-order valence-electron chi connectivity index (χ0n) is 9.77. The topological polar surface area (TPSA) is 50.9 Å². The van der Waals surface area contributed by atoms with E-state index in [9.17, 15) is 0 Å². The molecule has 0 unspecified atom stereocenters. The zero-order chi connectivity index (χ0) is 13.1. The van der Waals surface area contributed by atoms with Crippen molar-refractivity contribution in [2.24, 2.45) is 5.73 Å². The monoisotopic (exact) mass is 277 g/mol. The Balaban J connectivity index is 2.21. The highest BCUT2D eigenvalue weighted by Crippen LogP contribution is 2.25. The maximum absolute atomic E-state index is 6.13. The van der Waals surface area contributed by atoms with Crippen LogP contribution >= 0.6 is 23.8 Å². The fraction of sp³-hybridized carbons (Fsp3) is 0.0769. The van der Waals surface area contributed by atoms with E-state index < -0.39 is 0 Å². The molecule has 0 saturated carbocycles. The third-order valence-corrected chi connectivity index (χ3v) is 2.98. The van der Waals surface area contributed by atoms with E-state index in [1.54, 1.807) is 6.20 Å². The predicted octanol–water partition coefficient (Wildman–Crippen LogP) is 3.42. The molecule has 1 aromatic heterocycles. The first kappa shape index (κ1) is 12.8. The first-order valence-electron chi connectivity index (χ1n) is 5.35. The Hall–Kier alpha value is -1.65. The van der Waals surface area contributed by atoms with E-state index in [0.717, 1.165) is 16.8 Å². The summed E-state index contributed by atoms with van der Waals surface area (Å²) in [5.41, 5.74) is 8.18. The molecule has 0 bridgehead atoms. The number of rotatable bonds is 3. The van der Waals surface area contributed by atoms with Crippen LogP contribution in [-0.4, -0.2) is 9.97 Å². The third kappa shape index (κ3) is 2.97. The van der Waals surface area contributed by atoms with Crippen LogP contribution < -0.4 is 11.1 Å². The van der Waals surface area contributed by atoms with Gasteiger partial charge in [-0.1, -0.05) is 29.9 Å². The van der Waals surface area contributed by atoms with E-state index in [1.165, 1.54) is 0 Å². The average Bonchev–Trinajstić information content (AvgIpc) is 2.33. The van der Waals surface area contributed by atoms with Crippen molar-refractivity contribution in [2.75, 3.05) is 5.32 Å². The molecule has 0 amide bonds. The SMILES string of the molecule is Cc1ccc(Nc2ccc(C(N)=S)cn2)c(Cl)c1. The summed E-state index contributed by atoms with van der Waals surface area (Å²) in [5.74, 6) is 0.695. The minimum absolute atomic E-state index is 0.336. The lowest BCUT2D eigenvalue weighted by Crippen LogP contribution is -2.09. The number of anilines is 2. The van der Waals surface area contributed by atoms with Gasteiger partial charge in [-0.25, -0.2) is 4.98 Å². The lowest BCUT2D eigenvalue weighted by molar-refractivity contribution is 1.29. The van der Waals surface area contributed by atoms with Gasteiger partial charge in [0, 0.05) is 11.8 Å². The van der Waals surface area contributed by atoms with E-state index in [0.29, 0.717) is 15.8 Å². The number of thiocarbonyl (C=S) groups is 1. The molecule has 0 radical (unpaired) electrons. The van der Waals surface area contributed by atoms with Crippen LogP contribution in [0.15, 0.2) is 36.5 Å². The van der Waals surface area contributed by atoms with E-state index >= 15 is 0 Å². The molecule has 18 heavy (non-hydrogen) atoms. The van der Waals surface area contributed by atoms with Crippen molar-refractivity contribution in [2.45, 2.75) is 6.92 Å². The molecule has 5 heteroatoms. The molecular weight excluding hydrogens is 266 g/mol. The zero-order valence-corrected chi connectivity index (χ0v) is 11.3. The van der Waals surface area contributed by atoms with E-state index in [-0.39, 0.29) is 0 Å². The van der Waals surface area contributed by atoms with Crippen LogP contribution in [0.2, 0.25) is 5.02 Å². The Labute approximate surface area is 116 Å². The van der Waals surface area contributed by atoms with Crippen LogP contribution in [-0.2, 0) is 0 Å². The molecule has 3 nitrogen and oxygen atoms in total. The number of benzene rings is 1. The highest BCUT2D eigenvalue weighted by molar-refractivity contribution is 7.80. The summed E-state index contributed by atoms with van der Waals surface area (Å²) in [6.07, 6.45) is 1.63. The number of nitrogens with two attached hydrogens (primary N) is 1. The van der Waals surface area contributed by atoms with Gasteiger partial charge in [0.1, 0.15) is 10.8 Å². The van der Waals surface area contributed by atoms with E-state index in [1.807, 2.05) is 37.3 Å². The van der Waals surface area contributed by atoms with Gasteiger partial charge in [-0.2, -0.15) is 0 Å². The van der Waals surface area contributed by atoms with Crippen LogP contribution in [0.3, 0.4) is 0 Å². The smallest absolute Gasteiger partial charge is 0.130 e. The van der Waals surface area contributed by atoms with Crippen LogP contribution in [0.5, 0.6) is 0 Å². The minimum Gasteiger partial charge on any atom is -0.389 e. The number of aromatic nitrogens is 1. The highest BCUT2D eigenvalue weighted by atomic mass is 35.5. The second-order valence-electron chi connectivity index (χ2n) is 3.90. The molecular formula is C13H12ClN3S. The maximum atomic E-state index is 6.13. The molecule has 2 rings (SSSR count). The predicted molar refractivity (Wildman–Crippen MR) is 79.6 cm³/mol. The van der Waals surface area contributed by atoms with Crippen LogP contribution in [0.4, 0.5) is 11.5 Å². The Kier molecular flexibility index (Phi) is 3.79. The Bertz CT molecular complexity index is 581. The number of nitrogens with zero attached hydrogens (tertiary/aromatic N) is 1. The Morgan fingerprint density at radius 1 is 1.33 bits per heavy atom. The van der Waals surface area contributed by atoms with Gasteiger partial charge >= 0.3 is 0 Å². The quantitative estimate of drug-likeness (QED) is 0.844. The van der Waals surface area contributed by atoms with Gasteiger partial charge in [0.2, 0.25) is 0 Å². The molecule has 0 aliphatic rings. The summed E-state index contributed by atoms with van der Waals surface area (Å²) >= 11 is 11.0. The van der Waals surface area contributed by atoms with E-state index in [2.05, 4.69) is 10.3 Å². The number of hydrogen-bond donors (Lipinski definition) is 2. The molecule has 0 aliphatic heterocycles. The van der Waals surface area contributed by atoms with Gasteiger partial charge in [0.05, 0.1) is 10.7 Å². The molecule has 92 valence electrons. The van der Waals surface area contributed by atoms with Gasteiger partial charge in [-0.15, -0.1) is 0 Å². The molecule has 1 heterocycles. The van der Waals surface area contributed by atoms with Gasteiger partial charge in [0.25, 0.3) is 0 Å². The lowest BCUT2D eigenvalue weighted by atomic mass is 10.2. The van der Waals surface area contributed by atoms with Gasteiger partial charge in [0.15, 0.2) is 0 Å². The first-order valence-corrected chi connectivity index (χ1v) is 6.14. The fourth-order valence-corrected chi connectivity index (χ4v) is 1.88. The van der Waals surface area contributed by atoms with Crippen molar-refractivity contribution in [3.05, 3.63) is 52.7 Å². The molecule has 0 saturated heterocycles. The van der Waals surface area contributed by atoms with Crippen LogP contribution in [0.1, 0.15) is 11.1 Å². The van der Waals surface area contributed by atoms with Crippen molar-refractivity contribution in [3.63, 3.8) is 0 Å². The molecule has 0 spiro atoms. The number of nitrogens with one attached hydrogen (secondary N) is 1. The van der Waals surface area contributed by atoms with E-state index in [4.69, 9.17) is 29.6 Å². The second-order valence-corrected chi connectivity index (χ2v) is 4.75. The third-order valence-electron chi connectivity index (χ3n) is 2.44. The maximum Gasteiger partial charge on any atom is 0.130 e. The van der Waals surface area contributed by atoms with Crippen molar-refractivity contribution < 1.29 is 0 Å². The fourth-order valence-electron chi connectivity index (χ4n) is 1.47. The number of aryl methyl sites for hydroxylation is 1. The average molecular weight is 278 g/mol. The van der Waals surface area contributed by atoms with Gasteiger partial charge in [-0.3, -0.25) is 0 Å². The summed E-state index contributed by atoms with van der Waals surface area (Å²) in [6.45, 7) is 1.99.